The van der Waals surface area contributed by atoms with Crippen LogP contribution >= 0.6 is 35.5 Å². The van der Waals surface area contributed by atoms with E-state index in [1.165, 1.54) is 27.5 Å². The topological polar surface area (TPSA) is 66.7 Å². The van der Waals surface area contributed by atoms with Crippen molar-refractivity contribution in [1.82, 2.24) is 19.6 Å². The Morgan fingerprint density at radius 2 is 2.43 bits per heavy atom. The van der Waals surface area contributed by atoms with Crippen LogP contribution in [0.1, 0.15) is 12.1 Å². The Morgan fingerprint density at radius 3 is 3.17 bits per heavy atom. The average molecular weight is 375 g/mol. The van der Waals surface area contributed by atoms with Crippen LogP contribution in [0.15, 0.2) is 22.4 Å². The second-order valence-corrected chi connectivity index (χ2v) is 7.14. The van der Waals surface area contributed by atoms with Crippen LogP contribution in [-0.2, 0) is 10.5 Å². The molecule has 3 heterocycles. The second kappa shape index (κ2) is 8.14. The maximum absolute atomic E-state index is 12.2. The summed E-state index contributed by atoms with van der Waals surface area (Å²) in [7, 11) is 1.86. The van der Waals surface area contributed by atoms with E-state index in [2.05, 4.69) is 10.3 Å². The van der Waals surface area contributed by atoms with Gasteiger partial charge in [0.2, 0.25) is 5.91 Å². The molecule has 126 valence electrons. The number of likely N-dealkylation sites (N-methyl/N-ethyl adjacent to an activating group) is 1. The number of nitrogens with one attached hydrogen (secondary N) is 1. The molecule has 0 radical (unpaired) electrons. The molecule has 3 rings (SSSR count). The van der Waals surface area contributed by atoms with Gasteiger partial charge in [-0.05, 0) is 13.0 Å². The van der Waals surface area contributed by atoms with Crippen molar-refractivity contribution in [2.75, 3.05) is 25.9 Å². The van der Waals surface area contributed by atoms with Crippen LogP contribution in [0.4, 0.5) is 0 Å². The van der Waals surface area contributed by atoms with Crippen molar-refractivity contribution >= 4 is 46.4 Å². The fourth-order valence-corrected chi connectivity index (χ4v) is 4.06. The number of carbonyl (C=O) groups excluding carboxylic acids is 1. The van der Waals surface area contributed by atoms with Crippen molar-refractivity contribution in [3.63, 3.8) is 0 Å². The Kier molecular flexibility index (Phi) is 6.46. The van der Waals surface area contributed by atoms with Gasteiger partial charge in [0.15, 0.2) is 4.96 Å². The molecule has 1 atom stereocenters. The van der Waals surface area contributed by atoms with Crippen LogP contribution in [0.2, 0.25) is 0 Å². The van der Waals surface area contributed by atoms with E-state index < -0.39 is 0 Å². The van der Waals surface area contributed by atoms with Crippen LogP contribution in [-0.4, -0.2) is 52.1 Å². The lowest BCUT2D eigenvalue weighted by molar-refractivity contribution is -0.128. The third-order valence-corrected chi connectivity index (χ3v) is 5.51. The van der Waals surface area contributed by atoms with Gasteiger partial charge in [-0.1, -0.05) is 0 Å². The molecule has 1 unspecified atom stereocenters. The molecule has 9 heteroatoms. The molecule has 1 N–H and O–H groups in total. The summed E-state index contributed by atoms with van der Waals surface area (Å²) in [5.41, 5.74) is 0.665. The number of nitrogens with zero attached hydrogens (tertiary/aromatic N) is 3. The predicted octanol–water partition coefficient (Wildman–Crippen LogP) is 1.23. The highest BCUT2D eigenvalue weighted by Crippen LogP contribution is 2.14. The second-order valence-electron chi connectivity index (χ2n) is 5.29. The van der Waals surface area contributed by atoms with Gasteiger partial charge in [0.1, 0.15) is 0 Å². The van der Waals surface area contributed by atoms with Crippen molar-refractivity contribution in [3.8, 4) is 0 Å². The van der Waals surface area contributed by atoms with Gasteiger partial charge in [-0.3, -0.25) is 14.0 Å². The number of carbonyl (C=O) groups is 1. The smallest absolute Gasteiger partial charge is 0.258 e. The summed E-state index contributed by atoms with van der Waals surface area (Å²) in [4.78, 5) is 31.0. The molecule has 1 aliphatic rings. The number of hydrogen-bond acceptors (Lipinski definition) is 6. The number of rotatable bonds is 5. The molecule has 1 saturated heterocycles. The first-order chi connectivity index (χ1) is 10.6. The third kappa shape index (κ3) is 4.26. The Balaban J connectivity index is 0.00000192. The first-order valence-corrected chi connectivity index (χ1v) is 9.18. The number of amides is 1. The van der Waals surface area contributed by atoms with Crippen molar-refractivity contribution in [2.45, 2.75) is 18.2 Å². The Hall–Kier alpha value is -1.09. The predicted molar refractivity (Wildman–Crippen MR) is 96.8 cm³/mol. The quantitative estimate of drug-likeness (QED) is 0.852. The number of fused-ring (bicyclic) bond motifs is 1. The first-order valence-electron chi connectivity index (χ1n) is 7.15. The van der Waals surface area contributed by atoms with E-state index >= 15 is 0 Å². The van der Waals surface area contributed by atoms with Gasteiger partial charge in [0.25, 0.3) is 5.56 Å². The Labute approximate surface area is 148 Å². The fourth-order valence-electron chi connectivity index (χ4n) is 2.48. The maximum Gasteiger partial charge on any atom is 0.258 e. The van der Waals surface area contributed by atoms with E-state index in [0.29, 0.717) is 22.5 Å². The normalized spacial score (nSPS) is 17.2. The van der Waals surface area contributed by atoms with Gasteiger partial charge in [0.05, 0.1) is 11.4 Å². The van der Waals surface area contributed by atoms with Gasteiger partial charge >= 0.3 is 0 Å². The summed E-state index contributed by atoms with van der Waals surface area (Å²) in [6.45, 7) is 1.85. The van der Waals surface area contributed by atoms with Crippen molar-refractivity contribution in [1.29, 1.82) is 0 Å². The summed E-state index contributed by atoms with van der Waals surface area (Å²) < 4.78 is 1.53. The van der Waals surface area contributed by atoms with E-state index in [-0.39, 0.29) is 23.9 Å². The van der Waals surface area contributed by atoms with Crippen LogP contribution in [0, 0.1) is 0 Å². The van der Waals surface area contributed by atoms with Gasteiger partial charge in [-0.25, -0.2) is 4.98 Å². The standard InChI is InChI=1S/C14H18N4O2S2.ClH/c1-17(11-2-3-15-7-11)13(20)9-21-8-10-6-12(19)18-4-5-22-14(18)16-10;/h4-6,11,15H,2-3,7-9H2,1H3;1H. The van der Waals surface area contributed by atoms with Crippen molar-refractivity contribution in [2.24, 2.45) is 0 Å². The minimum Gasteiger partial charge on any atom is -0.341 e. The molecule has 0 aliphatic carbocycles. The lowest BCUT2D eigenvalue weighted by atomic mass is 10.2. The molecule has 1 aliphatic heterocycles. The molecular weight excluding hydrogens is 356 g/mol. The monoisotopic (exact) mass is 374 g/mol. The molecule has 6 nitrogen and oxygen atoms in total. The van der Waals surface area contributed by atoms with Crippen LogP contribution < -0.4 is 10.9 Å². The molecule has 23 heavy (non-hydrogen) atoms. The van der Waals surface area contributed by atoms with E-state index in [1.807, 2.05) is 17.3 Å². The van der Waals surface area contributed by atoms with E-state index in [9.17, 15) is 9.59 Å². The highest BCUT2D eigenvalue weighted by Gasteiger charge is 2.22. The lowest BCUT2D eigenvalue weighted by Crippen LogP contribution is -2.39. The number of hydrogen-bond donors (Lipinski definition) is 1. The number of thioether (sulfide) groups is 1. The van der Waals surface area contributed by atoms with Gasteiger partial charge < -0.3 is 10.2 Å². The van der Waals surface area contributed by atoms with E-state index in [4.69, 9.17) is 0 Å². The summed E-state index contributed by atoms with van der Waals surface area (Å²) in [5.74, 6) is 1.12. The molecule has 0 spiro atoms. The number of halogens is 1. The largest absolute Gasteiger partial charge is 0.341 e. The van der Waals surface area contributed by atoms with E-state index in [0.717, 1.165) is 25.2 Å². The number of thiazole rings is 1. The average Bonchev–Trinajstić information content (AvgIpc) is 3.17. The summed E-state index contributed by atoms with van der Waals surface area (Å²) in [5, 5.41) is 5.11. The Bertz CT molecular complexity index is 727. The lowest BCUT2D eigenvalue weighted by Gasteiger charge is -2.23. The zero-order chi connectivity index (χ0) is 15.5. The molecule has 0 aromatic carbocycles. The molecule has 0 saturated carbocycles. The summed E-state index contributed by atoms with van der Waals surface area (Å²) in [6.07, 6.45) is 2.74. The third-order valence-electron chi connectivity index (χ3n) is 3.81. The van der Waals surface area contributed by atoms with E-state index in [1.54, 1.807) is 12.3 Å². The molecular formula is C14H19ClN4O2S2. The highest BCUT2D eigenvalue weighted by molar-refractivity contribution is 7.99. The molecule has 1 fully saturated rings. The molecule has 2 aromatic heterocycles. The minimum absolute atomic E-state index is 0. The first kappa shape index (κ1) is 18.3. The zero-order valence-electron chi connectivity index (χ0n) is 12.7. The summed E-state index contributed by atoms with van der Waals surface area (Å²) >= 11 is 2.94. The van der Waals surface area contributed by atoms with Gasteiger partial charge in [-0.15, -0.1) is 35.5 Å². The molecule has 2 aromatic rings. The van der Waals surface area contributed by atoms with Crippen molar-refractivity contribution < 1.29 is 4.79 Å². The molecule has 1 amide bonds. The van der Waals surface area contributed by atoms with Gasteiger partial charge in [-0.2, -0.15) is 0 Å². The molecule has 0 bridgehead atoms. The van der Waals surface area contributed by atoms with Crippen LogP contribution in [0.3, 0.4) is 0 Å². The zero-order valence-corrected chi connectivity index (χ0v) is 15.2. The SMILES string of the molecule is CN(C(=O)CSCc1cc(=O)n2ccsc2n1)C1CCNC1.Cl. The maximum atomic E-state index is 12.2. The number of aromatic nitrogens is 2. The van der Waals surface area contributed by atoms with Crippen LogP contribution in [0.5, 0.6) is 0 Å². The van der Waals surface area contributed by atoms with Gasteiger partial charge in [0, 0.05) is 43.0 Å². The fraction of sp³-hybridized carbons (Fsp3) is 0.500. The highest BCUT2D eigenvalue weighted by atomic mass is 35.5. The van der Waals surface area contributed by atoms with Crippen molar-refractivity contribution in [3.05, 3.63) is 33.7 Å². The Morgan fingerprint density at radius 1 is 1.61 bits per heavy atom. The van der Waals surface area contributed by atoms with Crippen LogP contribution in [0.25, 0.3) is 4.96 Å². The summed E-state index contributed by atoms with van der Waals surface area (Å²) in [6, 6.07) is 1.85. The minimum atomic E-state index is -0.0673.